The molecule has 15 heavy (non-hydrogen) atoms. The van der Waals surface area contributed by atoms with Gasteiger partial charge in [-0.15, -0.1) is 0 Å². The minimum Gasteiger partial charge on any atom is -0.0777 e. The van der Waals surface area contributed by atoms with Crippen LogP contribution in [0.2, 0.25) is 0 Å². The molecular weight excluding hydrogens is 180 g/mol. The topological polar surface area (TPSA) is 0 Å². The highest BCUT2D eigenvalue weighted by atomic mass is 14.6. The van der Waals surface area contributed by atoms with E-state index in [1.54, 1.807) is 0 Å². The lowest BCUT2D eigenvalue weighted by atomic mass is 9.70. The third-order valence-corrected chi connectivity index (χ3v) is 5.08. The Morgan fingerprint density at radius 1 is 0.800 bits per heavy atom. The molecule has 0 atom stereocenters. The van der Waals surface area contributed by atoms with E-state index in [9.17, 15) is 0 Å². The second-order valence-corrected chi connectivity index (χ2v) is 6.56. The Bertz CT molecular complexity index is 308. The lowest BCUT2D eigenvalue weighted by Crippen LogP contribution is -2.22. The predicted octanol–water partition coefficient (Wildman–Crippen LogP) is 4.48. The first-order valence-electron chi connectivity index (χ1n) is 6.49. The van der Waals surface area contributed by atoms with Gasteiger partial charge in [0.15, 0.2) is 0 Å². The summed E-state index contributed by atoms with van der Waals surface area (Å²) in [7, 11) is 0. The second-order valence-electron chi connectivity index (χ2n) is 6.56. The Hall–Kier alpha value is -0.520. The summed E-state index contributed by atoms with van der Waals surface area (Å²) in [4.78, 5) is 0. The van der Waals surface area contributed by atoms with E-state index in [1.165, 1.54) is 38.5 Å². The van der Waals surface area contributed by atoms with Crippen LogP contribution in [0.1, 0.15) is 52.4 Å². The molecule has 0 bridgehead atoms. The van der Waals surface area contributed by atoms with Crippen LogP contribution in [0.3, 0.4) is 0 Å². The summed E-state index contributed by atoms with van der Waals surface area (Å²) in [5, 5.41) is 0. The normalized spacial score (nSPS) is 33.5. The molecule has 2 spiro atoms. The van der Waals surface area contributed by atoms with Crippen molar-refractivity contribution in [3.63, 3.8) is 0 Å². The van der Waals surface area contributed by atoms with Crippen molar-refractivity contribution in [1.29, 1.82) is 0 Å². The Morgan fingerprint density at radius 2 is 1.33 bits per heavy atom. The minimum absolute atomic E-state index is 0.440. The Balaban J connectivity index is 1.81. The van der Waals surface area contributed by atoms with Crippen LogP contribution in [0.4, 0.5) is 0 Å². The summed E-state index contributed by atoms with van der Waals surface area (Å²) >= 11 is 0. The zero-order valence-corrected chi connectivity index (χ0v) is 10.1. The molecule has 0 aromatic heterocycles. The number of hydrogen-bond acceptors (Lipinski definition) is 0. The first-order valence-corrected chi connectivity index (χ1v) is 6.49. The highest BCUT2D eigenvalue weighted by molar-refractivity contribution is 5.36. The van der Waals surface area contributed by atoms with Crippen LogP contribution in [-0.2, 0) is 0 Å². The van der Waals surface area contributed by atoms with E-state index in [0.717, 1.165) is 0 Å². The van der Waals surface area contributed by atoms with Gasteiger partial charge in [-0.2, -0.15) is 0 Å². The molecule has 0 aliphatic heterocycles. The van der Waals surface area contributed by atoms with Gasteiger partial charge in [0.1, 0.15) is 0 Å². The highest BCUT2D eigenvalue weighted by Crippen LogP contribution is 2.67. The third kappa shape index (κ3) is 1.33. The largest absolute Gasteiger partial charge is 0.0777 e. The van der Waals surface area contributed by atoms with E-state index in [0.29, 0.717) is 16.2 Å². The maximum atomic E-state index is 2.54. The molecule has 0 heterocycles. The van der Waals surface area contributed by atoms with Crippen LogP contribution in [0.15, 0.2) is 24.3 Å². The van der Waals surface area contributed by atoms with Crippen LogP contribution in [0.5, 0.6) is 0 Å². The third-order valence-electron chi connectivity index (χ3n) is 5.08. The molecular formula is C15H22. The molecule has 0 nitrogen and oxygen atoms in total. The quantitative estimate of drug-likeness (QED) is 0.508. The average molecular weight is 202 g/mol. The van der Waals surface area contributed by atoms with E-state index in [-0.39, 0.29) is 0 Å². The molecule has 0 unspecified atom stereocenters. The highest BCUT2D eigenvalue weighted by Gasteiger charge is 2.58. The maximum Gasteiger partial charge on any atom is 0.0119 e. The monoisotopic (exact) mass is 202 g/mol. The smallest absolute Gasteiger partial charge is 0.0119 e. The van der Waals surface area contributed by atoms with E-state index < -0.39 is 0 Å². The fourth-order valence-corrected chi connectivity index (χ4v) is 3.54. The van der Waals surface area contributed by atoms with Gasteiger partial charge in [-0.25, -0.2) is 0 Å². The van der Waals surface area contributed by atoms with Crippen LogP contribution in [0, 0.1) is 16.2 Å². The number of allylic oxidation sites excluding steroid dienone is 4. The van der Waals surface area contributed by atoms with Crippen LogP contribution < -0.4 is 0 Å². The minimum atomic E-state index is 0.440. The zero-order chi connectivity index (χ0) is 10.6. The zero-order valence-electron chi connectivity index (χ0n) is 10.1. The summed E-state index contributed by atoms with van der Waals surface area (Å²) in [6, 6.07) is 0. The number of rotatable bonds is 0. The molecule has 0 aromatic carbocycles. The first kappa shape index (κ1) is 9.69. The van der Waals surface area contributed by atoms with Crippen molar-refractivity contribution < 1.29 is 0 Å². The summed E-state index contributed by atoms with van der Waals surface area (Å²) in [6.07, 6.45) is 18.5. The van der Waals surface area contributed by atoms with Gasteiger partial charge < -0.3 is 0 Å². The van der Waals surface area contributed by atoms with Crippen LogP contribution in [-0.4, -0.2) is 0 Å². The molecule has 0 radical (unpaired) electrons. The molecule has 3 aliphatic carbocycles. The fourth-order valence-electron chi connectivity index (χ4n) is 3.54. The SMILES string of the molecule is CC1(C)CC12C=CC1(C=C2)CCCCC1. The molecule has 2 fully saturated rings. The van der Waals surface area contributed by atoms with Gasteiger partial charge in [-0.05, 0) is 24.7 Å². The summed E-state index contributed by atoms with van der Waals surface area (Å²) < 4.78 is 0. The van der Waals surface area contributed by atoms with Crippen molar-refractivity contribution in [1.82, 2.24) is 0 Å². The van der Waals surface area contributed by atoms with Crippen molar-refractivity contribution in [3.05, 3.63) is 24.3 Å². The fraction of sp³-hybridized carbons (Fsp3) is 0.733. The van der Waals surface area contributed by atoms with Gasteiger partial charge in [-0.1, -0.05) is 57.4 Å². The van der Waals surface area contributed by atoms with Gasteiger partial charge in [0.05, 0.1) is 0 Å². The maximum absolute atomic E-state index is 2.54. The molecule has 82 valence electrons. The molecule has 0 aromatic rings. The Kier molecular flexibility index (Phi) is 1.80. The molecule has 3 rings (SSSR count). The van der Waals surface area contributed by atoms with Gasteiger partial charge in [-0.3, -0.25) is 0 Å². The van der Waals surface area contributed by atoms with Crippen molar-refractivity contribution in [2.45, 2.75) is 52.4 Å². The number of hydrogen-bond donors (Lipinski definition) is 0. The molecule has 0 amide bonds. The Morgan fingerprint density at radius 3 is 1.80 bits per heavy atom. The molecule has 3 aliphatic rings. The van der Waals surface area contributed by atoms with E-state index in [4.69, 9.17) is 0 Å². The van der Waals surface area contributed by atoms with Gasteiger partial charge in [0, 0.05) is 10.8 Å². The van der Waals surface area contributed by atoms with Crippen molar-refractivity contribution in [2.75, 3.05) is 0 Å². The van der Waals surface area contributed by atoms with Crippen LogP contribution in [0.25, 0.3) is 0 Å². The van der Waals surface area contributed by atoms with E-state index >= 15 is 0 Å². The van der Waals surface area contributed by atoms with Crippen LogP contribution >= 0.6 is 0 Å². The molecule has 2 saturated carbocycles. The first-order chi connectivity index (χ1) is 7.08. The van der Waals surface area contributed by atoms with E-state index in [1.807, 2.05) is 0 Å². The second kappa shape index (κ2) is 2.78. The average Bonchev–Trinajstić information content (AvgIpc) is 2.76. The summed E-state index contributed by atoms with van der Waals surface area (Å²) in [5.74, 6) is 0. The molecule has 0 heteroatoms. The van der Waals surface area contributed by atoms with Gasteiger partial charge in [0.25, 0.3) is 0 Å². The van der Waals surface area contributed by atoms with Gasteiger partial charge in [0.2, 0.25) is 0 Å². The summed E-state index contributed by atoms with van der Waals surface area (Å²) in [5.41, 5.74) is 1.42. The lowest BCUT2D eigenvalue weighted by Gasteiger charge is -2.35. The molecule has 0 saturated heterocycles. The van der Waals surface area contributed by atoms with Crippen molar-refractivity contribution in [2.24, 2.45) is 16.2 Å². The van der Waals surface area contributed by atoms with Gasteiger partial charge >= 0.3 is 0 Å². The standard InChI is InChI=1S/C15H22/c1-13(2)12-15(13)10-8-14(9-11-15)6-4-3-5-7-14/h8-11H,3-7,12H2,1-2H3. The predicted molar refractivity (Wildman–Crippen MR) is 64.6 cm³/mol. The van der Waals surface area contributed by atoms with E-state index in [2.05, 4.69) is 38.2 Å². The molecule has 0 N–H and O–H groups in total. The van der Waals surface area contributed by atoms with Crippen molar-refractivity contribution >= 4 is 0 Å². The lowest BCUT2D eigenvalue weighted by molar-refractivity contribution is 0.316. The Labute approximate surface area is 93.5 Å². The van der Waals surface area contributed by atoms with Crippen molar-refractivity contribution in [3.8, 4) is 0 Å². The summed E-state index contributed by atoms with van der Waals surface area (Å²) in [6.45, 7) is 4.78.